The van der Waals surface area contributed by atoms with E-state index in [1.807, 2.05) is 0 Å². The molecule has 0 fully saturated rings. The lowest BCUT2D eigenvalue weighted by Crippen LogP contribution is -2.23. The second kappa shape index (κ2) is 7.55. The molecule has 0 radical (unpaired) electrons. The summed E-state index contributed by atoms with van der Waals surface area (Å²) in [6.07, 6.45) is 3.90. The predicted molar refractivity (Wildman–Crippen MR) is 56.0 cm³/mol. The molecule has 0 saturated carbocycles. The van der Waals surface area contributed by atoms with Crippen molar-refractivity contribution in [3.8, 4) is 0 Å². The van der Waals surface area contributed by atoms with E-state index in [1.54, 1.807) is 18.2 Å². The molecule has 0 aliphatic heterocycles. The summed E-state index contributed by atoms with van der Waals surface area (Å²) in [4.78, 5) is 21.1. The van der Waals surface area contributed by atoms with Crippen LogP contribution in [-0.4, -0.2) is 25.2 Å². The summed E-state index contributed by atoms with van der Waals surface area (Å²) in [7, 11) is 0. The fourth-order valence-corrected chi connectivity index (χ4v) is 0.737. The van der Waals surface area contributed by atoms with Crippen molar-refractivity contribution in [3.05, 3.63) is 37.0 Å². The Labute approximate surface area is 88.9 Å². The lowest BCUT2D eigenvalue weighted by Gasteiger charge is -2.09. The van der Waals surface area contributed by atoms with Gasteiger partial charge in [-0.1, -0.05) is 31.4 Å². The zero-order valence-corrected chi connectivity index (χ0v) is 8.64. The average molecular weight is 210 g/mol. The first-order chi connectivity index (χ1) is 7.15. The third kappa shape index (κ3) is 5.46. The van der Waals surface area contributed by atoms with Gasteiger partial charge in [-0.05, 0) is 12.5 Å². The van der Waals surface area contributed by atoms with E-state index in [0.717, 1.165) is 5.57 Å². The molecule has 0 aliphatic carbocycles. The monoisotopic (exact) mass is 210 g/mol. The average Bonchev–Trinajstić information content (AvgIpc) is 2.24. The molecule has 15 heavy (non-hydrogen) atoms. The number of ether oxygens (including phenoxy) is 2. The number of esters is 1. The first-order valence-corrected chi connectivity index (χ1v) is 4.35. The summed E-state index contributed by atoms with van der Waals surface area (Å²) in [5.74, 6) is -0.598. The van der Waals surface area contributed by atoms with Crippen molar-refractivity contribution in [2.75, 3.05) is 6.61 Å². The van der Waals surface area contributed by atoms with Crippen LogP contribution in [0.15, 0.2) is 37.0 Å². The molecule has 0 spiro atoms. The fourth-order valence-electron chi connectivity index (χ4n) is 0.737. The molecule has 0 rings (SSSR count). The van der Waals surface area contributed by atoms with Gasteiger partial charge in [0.25, 0.3) is 6.47 Å². The largest absolute Gasteiger partial charge is 0.458 e. The Morgan fingerprint density at radius 2 is 2.13 bits per heavy atom. The van der Waals surface area contributed by atoms with Crippen molar-refractivity contribution in [1.29, 1.82) is 0 Å². The Balaban J connectivity index is 4.08. The number of allylic oxidation sites excluding steroid dienone is 2. The third-order valence-electron chi connectivity index (χ3n) is 1.57. The van der Waals surface area contributed by atoms with Crippen LogP contribution < -0.4 is 0 Å². The quantitative estimate of drug-likeness (QED) is 0.362. The maximum atomic E-state index is 11.2. The molecular weight excluding hydrogens is 196 g/mol. The summed E-state index contributed by atoms with van der Waals surface area (Å²) in [6, 6.07) is 0. The number of rotatable bonds is 7. The molecule has 0 heterocycles. The number of carbonyl (C=O) groups excluding carboxylic acids is 2. The Morgan fingerprint density at radius 1 is 1.47 bits per heavy atom. The number of carbonyl (C=O) groups is 2. The second-order valence-corrected chi connectivity index (χ2v) is 2.66. The highest BCUT2D eigenvalue weighted by molar-refractivity contribution is 5.75. The van der Waals surface area contributed by atoms with Gasteiger partial charge in [0.05, 0.1) is 0 Å². The van der Waals surface area contributed by atoms with Crippen LogP contribution in [0.2, 0.25) is 0 Å². The van der Waals surface area contributed by atoms with Crippen LogP contribution in [0.5, 0.6) is 0 Å². The molecule has 0 aromatic carbocycles. The summed E-state index contributed by atoms with van der Waals surface area (Å²) in [5, 5.41) is 0. The van der Waals surface area contributed by atoms with Crippen molar-refractivity contribution in [3.63, 3.8) is 0 Å². The van der Waals surface area contributed by atoms with Crippen molar-refractivity contribution in [1.82, 2.24) is 0 Å². The lowest BCUT2D eigenvalue weighted by molar-refractivity contribution is -0.159. The lowest BCUT2D eigenvalue weighted by atomic mass is 10.2. The van der Waals surface area contributed by atoms with E-state index in [9.17, 15) is 9.59 Å². The topological polar surface area (TPSA) is 52.6 Å². The minimum atomic E-state index is -0.891. The van der Waals surface area contributed by atoms with Crippen LogP contribution in [0.25, 0.3) is 0 Å². The van der Waals surface area contributed by atoms with Crippen molar-refractivity contribution in [2.24, 2.45) is 0 Å². The molecule has 4 nitrogen and oxygen atoms in total. The van der Waals surface area contributed by atoms with Gasteiger partial charge in [-0.3, -0.25) is 4.79 Å². The van der Waals surface area contributed by atoms with Gasteiger partial charge in [0, 0.05) is 0 Å². The second-order valence-electron chi connectivity index (χ2n) is 2.66. The Morgan fingerprint density at radius 3 is 2.60 bits per heavy atom. The molecule has 0 aromatic rings. The van der Waals surface area contributed by atoms with Crippen LogP contribution in [0.3, 0.4) is 0 Å². The Bertz CT molecular complexity index is 278. The van der Waals surface area contributed by atoms with Crippen molar-refractivity contribution < 1.29 is 19.1 Å². The highest BCUT2D eigenvalue weighted by Gasteiger charge is 2.14. The molecule has 1 unspecified atom stereocenters. The maximum absolute atomic E-state index is 11.2. The normalized spacial score (nSPS) is 12.5. The fraction of sp³-hybridized carbons (Fsp3) is 0.273. The van der Waals surface area contributed by atoms with E-state index in [0.29, 0.717) is 0 Å². The summed E-state index contributed by atoms with van der Waals surface area (Å²) in [6.45, 7) is 8.77. The van der Waals surface area contributed by atoms with Gasteiger partial charge >= 0.3 is 5.97 Å². The predicted octanol–water partition coefficient (Wildman–Crippen LogP) is 1.39. The Hall–Kier alpha value is -1.84. The van der Waals surface area contributed by atoms with E-state index in [4.69, 9.17) is 4.74 Å². The Kier molecular flexibility index (Phi) is 6.63. The minimum absolute atomic E-state index is 0.0842. The first kappa shape index (κ1) is 13.2. The molecule has 1 atom stereocenters. The standard InChI is InChI=1S/C11H14O4/c1-4-6-10(5-2)7-14-11(13)9(3)15-8-12/h4-6,8-9H,1-2,7H2,3H3/b10-6+. The van der Waals surface area contributed by atoms with E-state index < -0.39 is 12.1 Å². The van der Waals surface area contributed by atoms with E-state index in [2.05, 4.69) is 17.9 Å². The molecule has 82 valence electrons. The summed E-state index contributed by atoms with van der Waals surface area (Å²) >= 11 is 0. The summed E-state index contributed by atoms with van der Waals surface area (Å²) < 4.78 is 9.26. The maximum Gasteiger partial charge on any atom is 0.347 e. The van der Waals surface area contributed by atoms with Crippen LogP contribution in [0.1, 0.15) is 6.92 Å². The van der Waals surface area contributed by atoms with E-state index in [1.165, 1.54) is 6.92 Å². The number of hydrogen-bond donors (Lipinski definition) is 0. The third-order valence-corrected chi connectivity index (χ3v) is 1.57. The zero-order valence-electron chi connectivity index (χ0n) is 8.64. The van der Waals surface area contributed by atoms with Crippen LogP contribution in [0.4, 0.5) is 0 Å². The van der Waals surface area contributed by atoms with Crippen molar-refractivity contribution >= 4 is 12.4 Å². The molecular formula is C11H14O4. The van der Waals surface area contributed by atoms with E-state index in [-0.39, 0.29) is 13.1 Å². The van der Waals surface area contributed by atoms with Gasteiger partial charge in [-0.25, -0.2) is 4.79 Å². The first-order valence-electron chi connectivity index (χ1n) is 4.35. The molecule has 0 bridgehead atoms. The van der Waals surface area contributed by atoms with E-state index >= 15 is 0 Å². The molecule has 0 saturated heterocycles. The van der Waals surface area contributed by atoms with Crippen LogP contribution in [-0.2, 0) is 19.1 Å². The highest BCUT2D eigenvalue weighted by atomic mass is 16.6. The van der Waals surface area contributed by atoms with Crippen molar-refractivity contribution in [2.45, 2.75) is 13.0 Å². The molecule has 4 heteroatoms. The van der Waals surface area contributed by atoms with Gasteiger partial charge in [-0.2, -0.15) is 0 Å². The molecule has 0 N–H and O–H groups in total. The van der Waals surface area contributed by atoms with Crippen LogP contribution >= 0.6 is 0 Å². The summed E-state index contributed by atoms with van der Waals surface area (Å²) in [5.41, 5.74) is 0.719. The highest BCUT2D eigenvalue weighted by Crippen LogP contribution is 2.00. The van der Waals surface area contributed by atoms with Gasteiger partial charge < -0.3 is 9.47 Å². The molecule has 0 aromatic heterocycles. The zero-order chi connectivity index (χ0) is 11.7. The van der Waals surface area contributed by atoms with Gasteiger partial charge in [-0.15, -0.1) is 0 Å². The number of hydrogen-bond acceptors (Lipinski definition) is 4. The van der Waals surface area contributed by atoms with Gasteiger partial charge in [0.1, 0.15) is 6.61 Å². The minimum Gasteiger partial charge on any atom is -0.458 e. The SMILES string of the molecule is C=C/C=C(\C=C)COC(=O)C(C)OC=O. The van der Waals surface area contributed by atoms with Gasteiger partial charge in [0.2, 0.25) is 0 Å². The van der Waals surface area contributed by atoms with Crippen LogP contribution in [0, 0.1) is 0 Å². The molecule has 0 amide bonds. The smallest absolute Gasteiger partial charge is 0.347 e. The van der Waals surface area contributed by atoms with Gasteiger partial charge in [0.15, 0.2) is 6.10 Å². The molecule has 0 aliphatic rings.